The number of rotatable bonds is 7. The summed E-state index contributed by atoms with van der Waals surface area (Å²) in [6.45, 7) is 0.636. The van der Waals surface area contributed by atoms with E-state index in [4.69, 9.17) is 9.47 Å². The maximum absolute atomic E-state index is 11.6. The molecular formula is C19H21NO4S. The number of imide groups is 1. The summed E-state index contributed by atoms with van der Waals surface area (Å²) >= 11 is 1.05. The highest BCUT2D eigenvalue weighted by atomic mass is 32.2. The molecule has 1 aliphatic heterocycles. The minimum absolute atomic E-state index is 0.207. The van der Waals surface area contributed by atoms with E-state index in [9.17, 15) is 9.59 Å². The average Bonchev–Trinajstić information content (AvgIpc) is 2.94. The lowest BCUT2D eigenvalue weighted by atomic mass is 10.0. The van der Waals surface area contributed by atoms with Crippen LogP contribution in [0.1, 0.15) is 24.8 Å². The van der Waals surface area contributed by atoms with E-state index in [1.54, 1.807) is 7.11 Å². The molecule has 0 radical (unpaired) electrons. The van der Waals surface area contributed by atoms with Gasteiger partial charge in [-0.2, -0.15) is 0 Å². The van der Waals surface area contributed by atoms with Crippen molar-refractivity contribution in [3.8, 4) is 5.75 Å². The summed E-state index contributed by atoms with van der Waals surface area (Å²) in [5.41, 5.74) is 2.38. The first-order valence-electron chi connectivity index (χ1n) is 8.30. The van der Waals surface area contributed by atoms with Gasteiger partial charge in [0.25, 0.3) is 5.24 Å². The molecule has 1 aromatic rings. The lowest BCUT2D eigenvalue weighted by Crippen LogP contribution is -2.25. The zero-order valence-corrected chi connectivity index (χ0v) is 14.9. The Hall–Kier alpha value is -2.21. The molecular weight excluding hydrogens is 338 g/mol. The van der Waals surface area contributed by atoms with Gasteiger partial charge in [-0.25, -0.2) is 0 Å². The minimum atomic E-state index is -0.331. The molecule has 5 nitrogen and oxygen atoms in total. The number of hydrogen-bond donors (Lipinski definition) is 1. The topological polar surface area (TPSA) is 64.6 Å². The van der Waals surface area contributed by atoms with Gasteiger partial charge in [-0.3, -0.25) is 14.9 Å². The fourth-order valence-electron chi connectivity index (χ4n) is 2.80. The summed E-state index contributed by atoms with van der Waals surface area (Å²) in [5.74, 6) is 1.63. The van der Waals surface area contributed by atoms with Crippen LogP contribution in [0.25, 0.3) is 0 Å². The Morgan fingerprint density at radius 3 is 2.56 bits per heavy atom. The highest BCUT2D eigenvalue weighted by Crippen LogP contribution is 2.24. The van der Waals surface area contributed by atoms with Crippen LogP contribution in [0.4, 0.5) is 4.79 Å². The number of methoxy groups -OCH3 is 1. The van der Waals surface area contributed by atoms with Gasteiger partial charge in [0.1, 0.15) is 5.75 Å². The van der Waals surface area contributed by atoms with Crippen LogP contribution < -0.4 is 10.1 Å². The first kappa shape index (κ1) is 17.6. The third-order valence-corrected chi connectivity index (χ3v) is 5.24. The second-order valence-electron chi connectivity index (χ2n) is 5.99. The standard InChI is InChI=1S/C19H21NO4S/c1-23-15-6-2-13(3-7-15)10-11-24-16-8-4-14(5-9-16)12-17-18(21)20-19(22)25-17/h2,4-6,8-9,17H,3,7,10-12H2,1H3,(H,20,21,22). The van der Waals surface area contributed by atoms with Crippen molar-refractivity contribution in [2.45, 2.75) is 30.9 Å². The molecule has 0 aromatic heterocycles. The molecule has 2 aliphatic rings. The first-order valence-corrected chi connectivity index (χ1v) is 9.18. The number of carbonyl (C=O) groups is 2. The molecule has 3 rings (SSSR count). The van der Waals surface area contributed by atoms with E-state index >= 15 is 0 Å². The second-order valence-corrected chi connectivity index (χ2v) is 7.17. The Kier molecular flexibility index (Phi) is 5.81. The normalized spacial score (nSPS) is 20.0. The van der Waals surface area contributed by atoms with Gasteiger partial charge in [0.05, 0.1) is 24.7 Å². The quantitative estimate of drug-likeness (QED) is 0.806. The maximum atomic E-state index is 11.6. The Labute approximate surface area is 151 Å². The molecule has 1 aliphatic carbocycles. The fraction of sp³-hybridized carbons (Fsp3) is 0.368. The Morgan fingerprint density at radius 2 is 1.96 bits per heavy atom. The SMILES string of the molecule is COC1=CC=C(CCOc2ccc(CC3SC(=O)NC3=O)cc2)CC1. The van der Waals surface area contributed by atoms with E-state index < -0.39 is 0 Å². The van der Waals surface area contributed by atoms with Crippen LogP contribution in [0.5, 0.6) is 5.75 Å². The molecule has 6 heteroatoms. The molecule has 1 saturated heterocycles. The summed E-state index contributed by atoms with van der Waals surface area (Å²) in [5, 5.41) is 1.71. The number of thioether (sulfide) groups is 1. The molecule has 1 atom stereocenters. The van der Waals surface area contributed by atoms with Gasteiger partial charge in [0.2, 0.25) is 5.91 Å². The number of hydrogen-bond acceptors (Lipinski definition) is 5. The second kappa shape index (κ2) is 8.25. The van der Waals surface area contributed by atoms with Gasteiger partial charge in [-0.1, -0.05) is 35.5 Å². The Morgan fingerprint density at radius 1 is 1.16 bits per heavy atom. The van der Waals surface area contributed by atoms with Gasteiger partial charge < -0.3 is 9.47 Å². The molecule has 1 unspecified atom stereocenters. The number of carbonyl (C=O) groups excluding carboxylic acids is 2. The first-order chi connectivity index (χ1) is 12.1. The molecule has 1 N–H and O–H groups in total. The van der Waals surface area contributed by atoms with E-state index in [2.05, 4.69) is 11.4 Å². The van der Waals surface area contributed by atoms with E-state index in [1.807, 2.05) is 30.3 Å². The van der Waals surface area contributed by atoms with Gasteiger partial charge in [0.15, 0.2) is 0 Å². The molecule has 132 valence electrons. The molecule has 2 amide bonds. The fourth-order valence-corrected chi connectivity index (χ4v) is 3.66. The Bertz CT molecular complexity index is 709. The van der Waals surface area contributed by atoms with Gasteiger partial charge in [-0.15, -0.1) is 0 Å². The summed E-state index contributed by atoms with van der Waals surface area (Å²) in [6.07, 6.45) is 7.55. The van der Waals surface area contributed by atoms with E-state index in [-0.39, 0.29) is 16.4 Å². The molecule has 0 saturated carbocycles. The predicted molar refractivity (Wildman–Crippen MR) is 97.6 cm³/mol. The summed E-state index contributed by atoms with van der Waals surface area (Å²) in [4.78, 5) is 22.8. The van der Waals surface area contributed by atoms with Crippen molar-refractivity contribution in [2.75, 3.05) is 13.7 Å². The molecule has 0 spiro atoms. The molecule has 1 heterocycles. The van der Waals surface area contributed by atoms with Gasteiger partial charge in [-0.05, 0) is 36.6 Å². The zero-order chi connectivity index (χ0) is 17.6. The molecule has 1 aromatic carbocycles. The minimum Gasteiger partial charge on any atom is -0.501 e. The van der Waals surface area contributed by atoms with E-state index in [0.29, 0.717) is 13.0 Å². The highest BCUT2D eigenvalue weighted by molar-refractivity contribution is 8.15. The van der Waals surface area contributed by atoms with Crippen LogP contribution in [0.15, 0.2) is 47.7 Å². The van der Waals surface area contributed by atoms with Crippen LogP contribution in [0.3, 0.4) is 0 Å². The summed E-state index contributed by atoms with van der Waals surface area (Å²) in [7, 11) is 1.70. The van der Waals surface area contributed by atoms with Crippen molar-refractivity contribution in [2.24, 2.45) is 0 Å². The molecule has 1 fully saturated rings. The lowest BCUT2D eigenvalue weighted by molar-refractivity contribution is -0.118. The smallest absolute Gasteiger partial charge is 0.286 e. The predicted octanol–water partition coefficient (Wildman–Crippen LogP) is 3.60. The average molecular weight is 359 g/mol. The zero-order valence-electron chi connectivity index (χ0n) is 14.1. The number of nitrogens with one attached hydrogen (secondary N) is 1. The van der Waals surface area contributed by atoms with E-state index in [0.717, 1.165) is 48.1 Å². The van der Waals surface area contributed by atoms with Crippen LogP contribution >= 0.6 is 11.8 Å². The largest absolute Gasteiger partial charge is 0.501 e. The van der Waals surface area contributed by atoms with Crippen molar-refractivity contribution < 1.29 is 19.1 Å². The third kappa shape index (κ3) is 4.89. The number of ether oxygens (including phenoxy) is 2. The molecule has 0 bridgehead atoms. The van der Waals surface area contributed by atoms with Crippen molar-refractivity contribution in [3.05, 3.63) is 53.3 Å². The van der Waals surface area contributed by atoms with Crippen LogP contribution in [-0.2, 0) is 16.0 Å². The maximum Gasteiger partial charge on any atom is 0.286 e. The molecule has 25 heavy (non-hydrogen) atoms. The van der Waals surface area contributed by atoms with Crippen LogP contribution in [0.2, 0.25) is 0 Å². The number of amides is 2. The monoisotopic (exact) mass is 359 g/mol. The summed E-state index contributed by atoms with van der Waals surface area (Å²) in [6, 6.07) is 7.71. The number of allylic oxidation sites excluding steroid dienone is 3. The van der Waals surface area contributed by atoms with Crippen LogP contribution in [0, 0.1) is 0 Å². The highest BCUT2D eigenvalue weighted by Gasteiger charge is 2.31. The van der Waals surface area contributed by atoms with Gasteiger partial charge in [0, 0.05) is 12.8 Å². The lowest BCUT2D eigenvalue weighted by Gasteiger charge is -2.14. The summed E-state index contributed by atoms with van der Waals surface area (Å²) < 4.78 is 11.0. The van der Waals surface area contributed by atoms with E-state index in [1.165, 1.54) is 5.57 Å². The van der Waals surface area contributed by atoms with Crippen molar-refractivity contribution >= 4 is 22.9 Å². The Balaban J connectivity index is 1.45. The van der Waals surface area contributed by atoms with Crippen molar-refractivity contribution in [1.82, 2.24) is 5.32 Å². The van der Waals surface area contributed by atoms with Gasteiger partial charge >= 0.3 is 0 Å². The van der Waals surface area contributed by atoms with Crippen molar-refractivity contribution in [3.63, 3.8) is 0 Å². The third-order valence-electron chi connectivity index (χ3n) is 4.26. The van der Waals surface area contributed by atoms with Crippen molar-refractivity contribution in [1.29, 1.82) is 0 Å². The van der Waals surface area contributed by atoms with Crippen LogP contribution in [-0.4, -0.2) is 30.1 Å². The number of benzene rings is 1.